The van der Waals surface area contributed by atoms with Gasteiger partial charge in [0.1, 0.15) is 0 Å². The Labute approximate surface area is 137 Å². The maximum absolute atomic E-state index is 12.4. The van der Waals surface area contributed by atoms with Crippen molar-refractivity contribution in [3.05, 3.63) is 32.4 Å². The molecular formula is C14H16ClIN2O2. The zero-order valence-corrected chi connectivity index (χ0v) is 14.1. The van der Waals surface area contributed by atoms with Crippen LogP contribution in [0.25, 0.3) is 0 Å². The van der Waals surface area contributed by atoms with Crippen molar-refractivity contribution in [2.75, 3.05) is 13.1 Å². The second kappa shape index (κ2) is 6.76. The first-order valence-corrected chi connectivity index (χ1v) is 7.94. The third-order valence-corrected chi connectivity index (χ3v) is 4.93. The van der Waals surface area contributed by atoms with Crippen LogP contribution in [0.3, 0.4) is 0 Å². The van der Waals surface area contributed by atoms with Crippen LogP contribution in [-0.2, 0) is 4.79 Å². The highest BCUT2D eigenvalue weighted by atomic mass is 127. The van der Waals surface area contributed by atoms with Gasteiger partial charge < -0.3 is 10.2 Å². The summed E-state index contributed by atoms with van der Waals surface area (Å²) < 4.78 is 0.935. The molecule has 1 aromatic rings. The van der Waals surface area contributed by atoms with Crippen molar-refractivity contribution in [2.24, 2.45) is 0 Å². The Balaban J connectivity index is 1.97. The molecule has 1 aliphatic rings. The van der Waals surface area contributed by atoms with E-state index in [0.29, 0.717) is 23.7 Å². The predicted octanol–water partition coefficient (Wildman–Crippen LogP) is 2.69. The molecule has 0 unspecified atom stereocenters. The Kier molecular flexibility index (Phi) is 5.26. The fraction of sp³-hybridized carbons (Fsp3) is 0.429. The molecular weight excluding hydrogens is 391 g/mol. The van der Waals surface area contributed by atoms with Crippen LogP contribution in [0.4, 0.5) is 0 Å². The first kappa shape index (κ1) is 15.6. The number of hydrogen-bond acceptors (Lipinski definition) is 2. The maximum atomic E-state index is 12.4. The molecule has 20 heavy (non-hydrogen) atoms. The van der Waals surface area contributed by atoms with Gasteiger partial charge in [0, 0.05) is 35.2 Å². The van der Waals surface area contributed by atoms with Crippen molar-refractivity contribution in [3.8, 4) is 0 Å². The second-order valence-corrected chi connectivity index (χ2v) is 6.47. The van der Waals surface area contributed by atoms with Crippen molar-refractivity contribution < 1.29 is 9.59 Å². The van der Waals surface area contributed by atoms with Gasteiger partial charge in [-0.15, -0.1) is 0 Å². The summed E-state index contributed by atoms with van der Waals surface area (Å²) in [6, 6.07) is 5.54. The zero-order chi connectivity index (χ0) is 14.7. The quantitative estimate of drug-likeness (QED) is 0.768. The summed E-state index contributed by atoms with van der Waals surface area (Å²) in [5.41, 5.74) is 0.619. The van der Waals surface area contributed by atoms with Crippen LogP contribution in [-0.4, -0.2) is 35.8 Å². The Bertz CT molecular complexity index is 528. The second-order valence-electron chi connectivity index (χ2n) is 4.90. The number of amides is 2. The predicted molar refractivity (Wildman–Crippen MR) is 86.9 cm³/mol. The van der Waals surface area contributed by atoms with Crippen LogP contribution in [0.15, 0.2) is 18.2 Å². The molecule has 1 saturated heterocycles. The molecule has 1 aliphatic heterocycles. The summed E-state index contributed by atoms with van der Waals surface area (Å²) in [6.45, 7) is 2.84. The molecule has 1 aromatic carbocycles. The van der Waals surface area contributed by atoms with E-state index in [0.717, 1.165) is 16.4 Å². The first-order valence-electron chi connectivity index (χ1n) is 6.49. The Morgan fingerprint density at radius 1 is 1.35 bits per heavy atom. The fourth-order valence-corrected chi connectivity index (χ4v) is 2.84. The highest BCUT2D eigenvalue weighted by molar-refractivity contribution is 14.1. The molecule has 1 fully saturated rings. The zero-order valence-electron chi connectivity index (χ0n) is 11.2. The van der Waals surface area contributed by atoms with Gasteiger partial charge in [0.2, 0.25) is 5.91 Å². The van der Waals surface area contributed by atoms with Crippen LogP contribution >= 0.6 is 34.2 Å². The lowest BCUT2D eigenvalue weighted by atomic mass is 10.0. The topological polar surface area (TPSA) is 49.4 Å². The molecule has 6 heteroatoms. The van der Waals surface area contributed by atoms with Crippen molar-refractivity contribution in [1.82, 2.24) is 10.2 Å². The third kappa shape index (κ3) is 3.85. The van der Waals surface area contributed by atoms with E-state index in [2.05, 4.69) is 27.9 Å². The van der Waals surface area contributed by atoms with Crippen molar-refractivity contribution in [2.45, 2.75) is 25.8 Å². The van der Waals surface area contributed by atoms with Crippen LogP contribution < -0.4 is 5.32 Å². The summed E-state index contributed by atoms with van der Waals surface area (Å²) in [5.74, 6) is -0.0104. The molecule has 0 aromatic heterocycles. The minimum Gasteiger partial charge on any atom is -0.353 e. The van der Waals surface area contributed by atoms with Crippen molar-refractivity contribution >= 4 is 46.0 Å². The van der Waals surface area contributed by atoms with E-state index >= 15 is 0 Å². The molecule has 0 saturated carbocycles. The molecule has 0 bridgehead atoms. The molecule has 2 rings (SSSR count). The number of likely N-dealkylation sites (tertiary alicyclic amines) is 1. The average molecular weight is 407 g/mol. The van der Waals surface area contributed by atoms with Gasteiger partial charge in [-0.1, -0.05) is 11.6 Å². The van der Waals surface area contributed by atoms with E-state index in [1.807, 2.05) is 11.0 Å². The maximum Gasteiger partial charge on any atom is 0.253 e. The highest BCUT2D eigenvalue weighted by Gasteiger charge is 2.24. The van der Waals surface area contributed by atoms with Gasteiger partial charge in [0.05, 0.1) is 5.02 Å². The number of hydrogen-bond donors (Lipinski definition) is 1. The molecule has 0 atom stereocenters. The number of carbonyl (C=O) groups excluding carboxylic acids is 2. The Morgan fingerprint density at radius 2 is 2.00 bits per heavy atom. The van der Waals surface area contributed by atoms with Crippen LogP contribution in [0.2, 0.25) is 5.02 Å². The highest BCUT2D eigenvalue weighted by Crippen LogP contribution is 2.21. The monoisotopic (exact) mass is 406 g/mol. The number of nitrogens with zero attached hydrogens (tertiary/aromatic N) is 1. The third-order valence-electron chi connectivity index (χ3n) is 3.36. The first-order chi connectivity index (χ1) is 9.47. The molecule has 4 nitrogen and oxygen atoms in total. The molecule has 1 heterocycles. The normalized spacial score (nSPS) is 16.1. The lowest BCUT2D eigenvalue weighted by molar-refractivity contribution is -0.119. The van der Waals surface area contributed by atoms with Crippen LogP contribution in [0.5, 0.6) is 0 Å². The van der Waals surface area contributed by atoms with E-state index in [9.17, 15) is 9.59 Å². The molecule has 108 valence electrons. The number of carbonyl (C=O) groups is 2. The lowest BCUT2D eigenvalue weighted by Gasteiger charge is -2.32. The Hall–Kier alpha value is -0.820. The Morgan fingerprint density at radius 3 is 2.55 bits per heavy atom. The van der Waals surface area contributed by atoms with Crippen molar-refractivity contribution in [1.29, 1.82) is 0 Å². The van der Waals surface area contributed by atoms with Gasteiger partial charge in [-0.05, 0) is 53.6 Å². The molecule has 2 amide bonds. The van der Waals surface area contributed by atoms with Gasteiger partial charge in [0.25, 0.3) is 5.91 Å². The molecule has 0 spiro atoms. The number of rotatable bonds is 2. The fourth-order valence-electron chi connectivity index (χ4n) is 2.33. The average Bonchev–Trinajstić information content (AvgIpc) is 2.41. The lowest BCUT2D eigenvalue weighted by Crippen LogP contribution is -2.46. The van der Waals surface area contributed by atoms with E-state index in [4.69, 9.17) is 11.6 Å². The van der Waals surface area contributed by atoms with Crippen LogP contribution in [0, 0.1) is 3.57 Å². The minimum atomic E-state index is -0.0146. The van der Waals surface area contributed by atoms with Gasteiger partial charge in [-0.3, -0.25) is 9.59 Å². The van der Waals surface area contributed by atoms with Gasteiger partial charge in [-0.25, -0.2) is 0 Å². The van der Waals surface area contributed by atoms with Crippen LogP contribution in [0.1, 0.15) is 30.1 Å². The largest absolute Gasteiger partial charge is 0.353 e. The summed E-state index contributed by atoms with van der Waals surface area (Å²) in [5, 5.41) is 3.50. The number of halogens is 2. The summed E-state index contributed by atoms with van der Waals surface area (Å²) in [6.07, 6.45) is 1.59. The smallest absolute Gasteiger partial charge is 0.253 e. The van der Waals surface area contributed by atoms with Crippen molar-refractivity contribution in [3.63, 3.8) is 0 Å². The van der Waals surface area contributed by atoms with Gasteiger partial charge >= 0.3 is 0 Å². The van der Waals surface area contributed by atoms with Gasteiger partial charge in [0.15, 0.2) is 0 Å². The van der Waals surface area contributed by atoms with Gasteiger partial charge in [-0.2, -0.15) is 0 Å². The standard InChI is InChI=1S/C14H16ClIN2O2/c1-9(19)17-11-4-6-18(7-5-11)14(20)10-2-3-13(16)12(15)8-10/h2-3,8,11H,4-7H2,1H3,(H,17,19). The molecule has 0 aliphatic carbocycles. The van der Waals surface area contributed by atoms with E-state index in [-0.39, 0.29) is 17.9 Å². The number of nitrogens with one attached hydrogen (secondary N) is 1. The molecule has 0 radical (unpaired) electrons. The molecule has 1 N–H and O–H groups in total. The summed E-state index contributed by atoms with van der Waals surface area (Å²) in [7, 11) is 0. The summed E-state index contributed by atoms with van der Waals surface area (Å²) in [4.78, 5) is 25.2. The minimum absolute atomic E-state index is 0.00424. The van der Waals surface area contributed by atoms with E-state index in [1.54, 1.807) is 12.1 Å². The number of piperidine rings is 1. The van der Waals surface area contributed by atoms with E-state index < -0.39 is 0 Å². The number of benzene rings is 1. The van der Waals surface area contributed by atoms with E-state index in [1.165, 1.54) is 6.92 Å². The SMILES string of the molecule is CC(=O)NC1CCN(C(=O)c2ccc(I)c(Cl)c2)CC1. The summed E-state index contributed by atoms with van der Waals surface area (Å²) >= 11 is 8.19.